The van der Waals surface area contributed by atoms with Gasteiger partial charge in [-0.15, -0.1) is 0 Å². The second-order valence-electron chi connectivity index (χ2n) is 3.04. The number of hydrogen-bond donors (Lipinski definition) is 0. The van der Waals surface area contributed by atoms with Crippen LogP contribution in [0.15, 0.2) is 0 Å². The molecule has 0 saturated carbocycles. The molecule has 10 heavy (non-hydrogen) atoms. The number of hydrogen-bond acceptors (Lipinski definition) is 1. The van der Waals surface area contributed by atoms with Crippen molar-refractivity contribution in [1.82, 2.24) is 0 Å². The van der Waals surface area contributed by atoms with Crippen LogP contribution in [0.3, 0.4) is 0 Å². The molecule has 0 aromatic carbocycles. The summed E-state index contributed by atoms with van der Waals surface area (Å²) >= 11 is 2.41. The zero-order valence-corrected chi connectivity index (χ0v) is 10.2. The first-order chi connectivity index (χ1) is 4.35. The monoisotopic (exact) mass is 274 g/mol. The zero-order chi connectivity index (χ0) is 8.44. The van der Waals surface area contributed by atoms with Gasteiger partial charge in [-0.2, -0.15) is 0 Å². The molecule has 0 bridgehead atoms. The minimum atomic E-state index is -1.90. The van der Waals surface area contributed by atoms with Gasteiger partial charge in [-0.1, -0.05) is 0 Å². The van der Waals surface area contributed by atoms with Crippen LogP contribution in [0.5, 0.6) is 0 Å². The Kier molecular flexibility index (Phi) is 3.31. The van der Waals surface area contributed by atoms with E-state index in [0.29, 0.717) is 5.52 Å². The summed E-state index contributed by atoms with van der Waals surface area (Å²) in [7, 11) is 0. The van der Waals surface area contributed by atoms with Crippen LogP contribution in [0.25, 0.3) is 0 Å². The van der Waals surface area contributed by atoms with Gasteiger partial charge in [0.25, 0.3) is 0 Å². The Labute approximate surface area is 76.4 Å². The molecule has 0 aliphatic heterocycles. The van der Waals surface area contributed by atoms with E-state index in [-0.39, 0.29) is 0 Å². The molecular formula is C7H16IOP. The molecule has 0 aromatic heterocycles. The van der Waals surface area contributed by atoms with E-state index in [1.807, 2.05) is 0 Å². The summed E-state index contributed by atoms with van der Waals surface area (Å²) in [5, 5.41) is 0. The molecule has 0 atom stereocenters. The van der Waals surface area contributed by atoms with Gasteiger partial charge in [-0.05, 0) is 0 Å². The van der Waals surface area contributed by atoms with E-state index >= 15 is 0 Å². The third-order valence-corrected chi connectivity index (χ3v) is 13.7. The van der Waals surface area contributed by atoms with Crippen molar-refractivity contribution in [3.05, 3.63) is 0 Å². The molecule has 1 nitrogen and oxygen atoms in total. The Hall–Kier alpha value is 0.830. The van der Waals surface area contributed by atoms with Crippen molar-refractivity contribution in [2.45, 2.75) is 20.8 Å². The van der Waals surface area contributed by atoms with Crippen LogP contribution in [0, 0.1) is 0 Å². The molecule has 0 aliphatic rings. The first-order valence-electron chi connectivity index (χ1n) is 3.59. The predicted octanol–water partition coefficient (Wildman–Crippen LogP) is 3.11. The molecule has 0 aromatic rings. The second-order valence-corrected chi connectivity index (χ2v) is 17.1. The van der Waals surface area contributed by atoms with Crippen molar-refractivity contribution in [2.75, 3.05) is 19.0 Å². The molecule has 0 N–H and O–H groups in total. The van der Waals surface area contributed by atoms with E-state index in [4.69, 9.17) is 0 Å². The van der Waals surface area contributed by atoms with E-state index in [1.54, 1.807) is 6.92 Å². The topological polar surface area (TPSA) is 17.1 Å². The van der Waals surface area contributed by atoms with Gasteiger partial charge in [0.1, 0.15) is 0 Å². The van der Waals surface area contributed by atoms with Crippen molar-refractivity contribution < 1.29 is 4.79 Å². The first kappa shape index (κ1) is 10.8. The Morgan fingerprint density at radius 3 is 1.70 bits per heavy atom. The summed E-state index contributed by atoms with van der Waals surface area (Å²) in [5.41, 5.74) is 0.414. The number of rotatable bonds is 3. The summed E-state index contributed by atoms with van der Waals surface area (Å²) < 4.78 is -1.90. The van der Waals surface area contributed by atoms with Crippen molar-refractivity contribution in [1.29, 1.82) is 0 Å². The summed E-state index contributed by atoms with van der Waals surface area (Å²) in [4.78, 5) is 11.3. The summed E-state index contributed by atoms with van der Waals surface area (Å²) in [6, 6.07) is 0. The molecule has 0 radical (unpaired) electrons. The van der Waals surface area contributed by atoms with E-state index in [9.17, 15) is 4.79 Å². The molecular weight excluding hydrogens is 258 g/mol. The number of halogens is 1. The van der Waals surface area contributed by atoms with Gasteiger partial charge in [0, 0.05) is 0 Å². The summed E-state index contributed by atoms with van der Waals surface area (Å²) in [6.07, 6.45) is 2.08. The second kappa shape index (κ2) is 3.06. The van der Waals surface area contributed by atoms with E-state index in [1.165, 1.54) is 0 Å². The molecule has 0 spiro atoms. The fourth-order valence-corrected chi connectivity index (χ4v) is 2.01. The Balaban J connectivity index is 4.68. The summed E-state index contributed by atoms with van der Waals surface area (Å²) in [6.45, 7) is 8.14. The number of carbonyl (C=O) groups excluding carboxylic acids is 1. The Morgan fingerprint density at radius 1 is 1.40 bits per heavy atom. The minimum absolute atomic E-state index is 0.414. The van der Waals surface area contributed by atoms with Gasteiger partial charge in [0.05, 0.1) is 0 Å². The maximum absolute atomic E-state index is 11.3. The molecule has 0 fully saturated rings. The third kappa shape index (κ3) is 1.91. The maximum atomic E-state index is 11.3. The van der Waals surface area contributed by atoms with Crippen LogP contribution < -0.4 is 0 Å². The Morgan fingerprint density at radius 2 is 1.70 bits per heavy atom. The number of carbonyl (C=O) groups is 1. The van der Waals surface area contributed by atoms with Crippen molar-refractivity contribution >= 4 is 31.8 Å². The molecule has 0 amide bonds. The SMILES string of the molecule is CCP(C)(I)(CC)C(C)=O. The van der Waals surface area contributed by atoms with Gasteiger partial charge < -0.3 is 0 Å². The zero-order valence-electron chi connectivity index (χ0n) is 7.15. The molecule has 0 aliphatic carbocycles. The molecule has 0 unspecified atom stereocenters. The van der Waals surface area contributed by atoms with Crippen LogP contribution in [0.2, 0.25) is 0 Å². The van der Waals surface area contributed by atoms with Crippen LogP contribution in [0.4, 0.5) is 0 Å². The molecule has 0 heterocycles. The fourth-order valence-electron chi connectivity index (χ4n) is 0.669. The average molecular weight is 274 g/mol. The van der Waals surface area contributed by atoms with Gasteiger partial charge in [0.2, 0.25) is 0 Å². The van der Waals surface area contributed by atoms with Crippen LogP contribution in [0.1, 0.15) is 20.8 Å². The van der Waals surface area contributed by atoms with Crippen LogP contribution >= 0.6 is 26.3 Å². The summed E-state index contributed by atoms with van der Waals surface area (Å²) in [5.74, 6) is 0. The third-order valence-electron chi connectivity index (χ3n) is 2.51. The van der Waals surface area contributed by atoms with Crippen molar-refractivity contribution in [3.8, 4) is 0 Å². The first-order valence-corrected chi connectivity index (χ1v) is 9.43. The normalized spacial score (nSPS) is 15.9. The molecule has 62 valence electrons. The molecule has 3 heteroatoms. The van der Waals surface area contributed by atoms with Gasteiger partial charge in [-0.3, -0.25) is 0 Å². The van der Waals surface area contributed by atoms with E-state index < -0.39 is 4.25 Å². The fraction of sp³-hybridized carbons (Fsp3) is 0.857. The van der Waals surface area contributed by atoms with Crippen LogP contribution in [-0.2, 0) is 4.79 Å². The van der Waals surface area contributed by atoms with Gasteiger partial charge in [-0.25, -0.2) is 0 Å². The Bertz CT molecular complexity index is 146. The van der Waals surface area contributed by atoms with Gasteiger partial charge in [0.15, 0.2) is 0 Å². The van der Waals surface area contributed by atoms with Crippen molar-refractivity contribution in [2.24, 2.45) is 0 Å². The molecule has 0 rings (SSSR count). The standard InChI is InChI=1S/C7H16IOP/c1-5-10(4,8,6-2)7(3)9/h5-6H2,1-4H3. The van der Waals surface area contributed by atoms with E-state index in [2.05, 4.69) is 42.6 Å². The van der Waals surface area contributed by atoms with Gasteiger partial charge >= 0.3 is 76.4 Å². The average Bonchev–Trinajstić information content (AvgIpc) is 1.89. The molecule has 0 saturated heterocycles. The van der Waals surface area contributed by atoms with Crippen molar-refractivity contribution in [3.63, 3.8) is 0 Å². The quantitative estimate of drug-likeness (QED) is 0.571. The van der Waals surface area contributed by atoms with Crippen LogP contribution in [-0.4, -0.2) is 24.5 Å². The predicted molar refractivity (Wildman–Crippen MR) is 58.6 cm³/mol. The van der Waals surface area contributed by atoms with E-state index in [0.717, 1.165) is 12.3 Å².